The van der Waals surface area contributed by atoms with Crippen molar-refractivity contribution in [1.29, 1.82) is 0 Å². The van der Waals surface area contributed by atoms with Crippen molar-refractivity contribution >= 4 is 34.5 Å². The summed E-state index contributed by atoms with van der Waals surface area (Å²) < 4.78 is 12.6. The van der Waals surface area contributed by atoms with Gasteiger partial charge in [-0.2, -0.15) is 9.78 Å². The Morgan fingerprint density at radius 2 is 1.69 bits per heavy atom. The second-order valence-corrected chi connectivity index (χ2v) is 7.41. The Labute approximate surface area is 185 Å². The van der Waals surface area contributed by atoms with E-state index in [1.807, 2.05) is 22.9 Å². The zero-order chi connectivity index (χ0) is 19.5. The topological polar surface area (TPSA) is 61.5 Å². The van der Waals surface area contributed by atoms with E-state index in [1.165, 1.54) is 5.56 Å². The van der Waals surface area contributed by atoms with Crippen LogP contribution in [0.15, 0.2) is 52.7 Å². The molecule has 0 fully saturated rings. The maximum Gasteiger partial charge on any atom is 0.212 e. The quantitative estimate of drug-likeness (QED) is 0.530. The van der Waals surface area contributed by atoms with Crippen LogP contribution in [0.1, 0.15) is 29.4 Å². The third-order valence-electron chi connectivity index (χ3n) is 4.74. The van der Waals surface area contributed by atoms with Crippen molar-refractivity contribution in [2.45, 2.75) is 24.9 Å². The highest BCUT2D eigenvalue weighted by atomic mass is 79.9. The standard InChI is InChI=1S/C21H22N4O2S.BrH/c1-4-14-5-8-16(9-6-14)17-13-28-21-23-22-20(25(21)24-17)12-15-7-10-18(26-2)19(11-15)27-3;/h5-11H,4,12-13H2,1-3H3;1H. The Morgan fingerprint density at radius 1 is 0.966 bits per heavy atom. The first kappa shape index (κ1) is 21.4. The van der Waals surface area contributed by atoms with E-state index in [2.05, 4.69) is 41.4 Å². The van der Waals surface area contributed by atoms with Gasteiger partial charge in [-0.1, -0.05) is 49.0 Å². The van der Waals surface area contributed by atoms with Crippen molar-refractivity contribution in [3.8, 4) is 11.5 Å². The minimum absolute atomic E-state index is 0. The summed E-state index contributed by atoms with van der Waals surface area (Å²) in [4.78, 5) is 0. The molecule has 1 aromatic heterocycles. The van der Waals surface area contributed by atoms with E-state index in [9.17, 15) is 0 Å². The molecule has 2 heterocycles. The van der Waals surface area contributed by atoms with Crippen LogP contribution in [0.3, 0.4) is 0 Å². The predicted octanol–water partition coefficient (Wildman–Crippen LogP) is 4.38. The summed E-state index contributed by atoms with van der Waals surface area (Å²) in [7, 11) is 3.27. The van der Waals surface area contributed by atoms with Crippen molar-refractivity contribution in [2.75, 3.05) is 20.0 Å². The van der Waals surface area contributed by atoms with Crippen LogP contribution in [0.4, 0.5) is 0 Å². The summed E-state index contributed by atoms with van der Waals surface area (Å²) in [5.74, 6) is 3.01. The number of benzene rings is 2. The molecule has 0 atom stereocenters. The number of methoxy groups -OCH3 is 2. The van der Waals surface area contributed by atoms with Gasteiger partial charge in [0.1, 0.15) is 0 Å². The molecule has 1 aliphatic rings. The van der Waals surface area contributed by atoms with Crippen molar-refractivity contribution in [3.63, 3.8) is 0 Å². The molecule has 0 amide bonds. The first-order valence-corrected chi connectivity index (χ1v) is 10.2. The highest BCUT2D eigenvalue weighted by Gasteiger charge is 2.20. The third-order valence-corrected chi connectivity index (χ3v) is 5.67. The Bertz CT molecular complexity index is 1020. The summed E-state index contributed by atoms with van der Waals surface area (Å²) in [5.41, 5.74) is 4.56. The largest absolute Gasteiger partial charge is 0.493 e. The number of halogens is 1. The average molecular weight is 475 g/mol. The van der Waals surface area contributed by atoms with Gasteiger partial charge in [0.25, 0.3) is 0 Å². The van der Waals surface area contributed by atoms with Crippen LogP contribution in [-0.4, -0.2) is 40.6 Å². The van der Waals surface area contributed by atoms with Gasteiger partial charge < -0.3 is 9.47 Å². The van der Waals surface area contributed by atoms with Crippen LogP contribution in [0.25, 0.3) is 0 Å². The number of nitrogens with zero attached hydrogens (tertiary/aromatic N) is 4. The molecule has 0 spiro atoms. The number of hydrogen-bond donors (Lipinski definition) is 0. The fourth-order valence-electron chi connectivity index (χ4n) is 3.13. The van der Waals surface area contributed by atoms with Gasteiger partial charge in [0.15, 0.2) is 17.3 Å². The monoisotopic (exact) mass is 474 g/mol. The van der Waals surface area contributed by atoms with Gasteiger partial charge in [-0.05, 0) is 35.2 Å². The van der Waals surface area contributed by atoms with Gasteiger partial charge in [0.2, 0.25) is 5.16 Å². The smallest absolute Gasteiger partial charge is 0.212 e. The molecule has 29 heavy (non-hydrogen) atoms. The molecule has 0 aliphatic carbocycles. The normalized spacial score (nSPS) is 12.6. The van der Waals surface area contributed by atoms with Gasteiger partial charge in [-0.15, -0.1) is 27.2 Å². The number of hydrogen-bond acceptors (Lipinski definition) is 6. The molecule has 2 aromatic carbocycles. The fourth-order valence-corrected chi connectivity index (χ4v) is 3.98. The van der Waals surface area contributed by atoms with Crippen LogP contribution >= 0.6 is 28.7 Å². The van der Waals surface area contributed by atoms with Gasteiger partial charge >= 0.3 is 0 Å². The number of aryl methyl sites for hydroxylation is 1. The minimum atomic E-state index is 0. The first-order valence-electron chi connectivity index (χ1n) is 9.17. The fraction of sp³-hybridized carbons (Fsp3) is 0.286. The minimum Gasteiger partial charge on any atom is -0.493 e. The van der Waals surface area contributed by atoms with E-state index in [0.29, 0.717) is 17.9 Å². The highest BCUT2D eigenvalue weighted by Crippen LogP contribution is 2.29. The van der Waals surface area contributed by atoms with Crippen LogP contribution in [0.5, 0.6) is 11.5 Å². The average Bonchev–Trinajstić information content (AvgIpc) is 3.15. The van der Waals surface area contributed by atoms with Crippen molar-refractivity contribution in [3.05, 3.63) is 65.0 Å². The number of rotatable bonds is 6. The molecular weight excluding hydrogens is 452 g/mol. The number of thioether (sulfide) groups is 1. The zero-order valence-electron chi connectivity index (χ0n) is 16.6. The van der Waals surface area contributed by atoms with Crippen molar-refractivity contribution in [2.24, 2.45) is 5.10 Å². The van der Waals surface area contributed by atoms with E-state index < -0.39 is 0 Å². The Morgan fingerprint density at radius 3 is 2.38 bits per heavy atom. The Kier molecular flexibility index (Phi) is 6.97. The molecule has 3 aromatic rings. The van der Waals surface area contributed by atoms with Gasteiger partial charge in [-0.25, -0.2) is 0 Å². The van der Waals surface area contributed by atoms with Crippen LogP contribution in [-0.2, 0) is 12.8 Å². The van der Waals surface area contributed by atoms with Crippen LogP contribution in [0, 0.1) is 0 Å². The molecule has 0 bridgehead atoms. The molecule has 8 heteroatoms. The van der Waals surface area contributed by atoms with Gasteiger partial charge in [0, 0.05) is 12.2 Å². The molecule has 0 saturated carbocycles. The van der Waals surface area contributed by atoms with Crippen molar-refractivity contribution in [1.82, 2.24) is 14.9 Å². The summed E-state index contributed by atoms with van der Waals surface area (Å²) in [5, 5.41) is 14.3. The van der Waals surface area contributed by atoms with E-state index in [1.54, 1.807) is 26.0 Å². The lowest BCUT2D eigenvalue weighted by Crippen LogP contribution is -2.14. The first-order chi connectivity index (χ1) is 13.7. The maximum atomic E-state index is 5.40. The van der Waals surface area contributed by atoms with E-state index in [4.69, 9.17) is 14.6 Å². The molecule has 152 valence electrons. The summed E-state index contributed by atoms with van der Waals surface area (Å²) in [6.45, 7) is 2.16. The number of aromatic nitrogens is 3. The summed E-state index contributed by atoms with van der Waals surface area (Å²) >= 11 is 1.66. The predicted molar refractivity (Wildman–Crippen MR) is 121 cm³/mol. The molecule has 0 unspecified atom stereocenters. The lowest BCUT2D eigenvalue weighted by molar-refractivity contribution is 0.354. The lowest BCUT2D eigenvalue weighted by Gasteiger charge is -2.14. The molecular formula is C21H23BrN4O2S. The highest BCUT2D eigenvalue weighted by molar-refractivity contribution is 8.93. The Hall–Kier alpha value is -2.32. The number of fused-ring (bicyclic) bond motifs is 1. The lowest BCUT2D eigenvalue weighted by atomic mass is 10.1. The molecule has 1 aliphatic heterocycles. The second kappa shape index (κ2) is 9.45. The van der Waals surface area contributed by atoms with E-state index >= 15 is 0 Å². The van der Waals surface area contributed by atoms with Gasteiger partial charge in [0.05, 0.1) is 19.9 Å². The van der Waals surface area contributed by atoms with E-state index in [-0.39, 0.29) is 17.0 Å². The maximum absolute atomic E-state index is 5.40. The van der Waals surface area contributed by atoms with Crippen LogP contribution < -0.4 is 9.47 Å². The Balaban J connectivity index is 0.00000240. The molecule has 0 saturated heterocycles. The molecule has 6 nitrogen and oxygen atoms in total. The second-order valence-electron chi connectivity index (χ2n) is 6.46. The van der Waals surface area contributed by atoms with Crippen LogP contribution in [0.2, 0.25) is 0 Å². The van der Waals surface area contributed by atoms with Crippen molar-refractivity contribution < 1.29 is 9.47 Å². The zero-order valence-corrected chi connectivity index (χ0v) is 19.1. The summed E-state index contributed by atoms with van der Waals surface area (Å²) in [6, 6.07) is 14.5. The molecule has 0 N–H and O–H groups in total. The van der Waals surface area contributed by atoms with E-state index in [0.717, 1.165) is 40.0 Å². The molecule has 4 rings (SSSR count). The third kappa shape index (κ3) is 4.48. The van der Waals surface area contributed by atoms with Gasteiger partial charge in [-0.3, -0.25) is 0 Å². The molecule has 0 radical (unpaired) electrons. The SMILES string of the molecule is Br.CCc1ccc(C2=Nn3c(Cc4ccc(OC)c(OC)c4)nnc3SC2)cc1. The number of ether oxygens (including phenoxy) is 2. The summed E-state index contributed by atoms with van der Waals surface area (Å²) in [6.07, 6.45) is 1.64.